The minimum atomic E-state index is -2.40. The van der Waals surface area contributed by atoms with E-state index in [1.54, 1.807) is 0 Å². The minimum Gasteiger partial charge on any atom is -0.476 e. The molecule has 1 aromatic carbocycles. The SMILES string of the molecule is O=C(CCC(=O)C(=O)O)OCCOCCC(=O)Oc1c(F)c(F)c(F)c(F)c1F. The number of carbonyl (C=O) groups is 4. The average Bonchev–Trinajstić information content (AvgIpc) is 2.68. The van der Waals surface area contributed by atoms with Gasteiger partial charge in [0, 0.05) is 6.42 Å². The van der Waals surface area contributed by atoms with E-state index in [-0.39, 0.29) is 13.2 Å². The number of carbonyl (C=O) groups excluding carboxylic acids is 3. The standard InChI is InChI=1S/C16H13F5O8/c17-10-11(18)13(20)15(14(21)12(10)19)29-9(24)3-4-27-5-6-28-8(23)2-1-7(22)16(25)26/h1-6H2,(H,25,26). The van der Waals surface area contributed by atoms with Crippen LogP contribution in [-0.2, 0) is 28.7 Å². The molecule has 1 rings (SSSR count). The Morgan fingerprint density at radius 2 is 1.24 bits per heavy atom. The molecular formula is C16H13F5O8. The second kappa shape index (κ2) is 11.0. The van der Waals surface area contributed by atoms with Crippen LogP contribution in [0.2, 0.25) is 0 Å². The van der Waals surface area contributed by atoms with Crippen LogP contribution in [0.5, 0.6) is 5.75 Å². The lowest BCUT2D eigenvalue weighted by molar-refractivity contribution is -0.151. The molecule has 0 aliphatic heterocycles. The van der Waals surface area contributed by atoms with Crippen molar-refractivity contribution in [3.63, 3.8) is 0 Å². The first-order chi connectivity index (χ1) is 13.6. The molecule has 160 valence electrons. The van der Waals surface area contributed by atoms with Gasteiger partial charge < -0.3 is 19.3 Å². The highest BCUT2D eigenvalue weighted by atomic mass is 19.2. The Balaban J connectivity index is 2.31. The van der Waals surface area contributed by atoms with Crippen molar-refractivity contribution in [3.05, 3.63) is 29.1 Å². The van der Waals surface area contributed by atoms with Crippen LogP contribution in [0.15, 0.2) is 0 Å². The molecule has 0 saturated heterocycles. The molecule has 0 bridgehead atoms. The monoisotopic (exact) mass is 428 g/mol. The molecule has 0 unspecified atom stereocenters. The van der Waals surface area contributed by atoms with Crippen LogP contribution in [0.3, 0.4) is 0 Å². The van der Waals surface area contributed by atoms with Crippen molar-refractivity contribution in [2.45, 2.75) is 19.3 Å². The highest BCUT2D eigenvalue weighted by Crippen LogP contribution is 2.29. The quantitative estimate of drug-likeness (QED) is 0.108. The van der Waals surface area contributed by atoms with Gasteiger partial charge >= 0.3 is 17.9 Å². The fourth-order valence-electron chi connectivity index (χ4n) is 1.71. The number of carboxylic acids is 1. The van der Waals surface area contributed by atoms with Gasteiger partial charge in [0.05, 0.1) is 26.1 Å². The van der Waals surface area contributed by atoms with E-state index in [2.05, 4.69) is 9.47 Å². The molecule has 0 radical (unpaired) electrons. The number of ether oxygens (including phenoxy) is 3. The van der Waals surface area contributed by atoms with E-state index >= 15 is 0 Å². The van der Waals surface area contributed by atoms with E-state index < -0.39 is 84.4 Å². The summed E-state index contributed by atoms with van der Waals surface area (Å²) in [6.07, 6.45) is -1.63. The number of Topliss-reactive ketones (excluding diaryl/α,β-unsaturated/α-hetero) is 1. The van der Waals surface area contributed by atoms with E-state index in [1.807, 2.05) is 0 Å². The number of rotatable bonds is 11. The van der Waals surface area contributed by atoms with Crippen LogP contribution in [-0.4, -0.2) is 48.6 Å². The number of hydrogen-bond acceptors (Lipinski definition) is 7. The van der Waals surface area contributed by atoms with E-state index in [4.69, 9.17) is 9.84 Å². The first-order valence-electron chi connectivity index (χ1n) is 7.77. The fraction of sp³-hybridized carbons (Fsp3) is 0.375. The van der Waals surface area contributed by atoms with E-state index in [9.17, 15) is 41.1 Å². The molecule has 0 atom stereocenters. The summed E-state index contributed by atoms with van der Waals surface area (Å²) in [5, 5.41) is 8.32. The van der Waals surface area contributed by atoms with Gasteiger partial charge in [-0.2, -0.15) is 8.78 Å². The van der Waals surface area contributed by atoms with Gasteiger partial charge in [0.2, 0.25) is 40.6 Å². The van der Waals surface area contributed by atoms with Crippen LogP contribution in [0, 0.1) is 29.1 Å². The highest BCUT2D eigenvalue weighted by Gasteiger charge is 2.28. The summed E-state index contributed by atoms with van der Waals surface area (Å²) in [4.78, 5) is 43.6. The summed E-state index contributed by atoms with van der Waals surface area (Å²) in [5.41, 5.74) is 0. The Labute approximate surface area is 159 Å². The lowest BCUT2D eigenvalue weighted by Crippen LogP contribution is -2.17. The third kappa shape index (κ3) is 7.10. The zero-order chi connectivity index (χ0) is 22.1. The molecule has 0 saturated carbocycles. The number of carboxylic acid groups (broad SMARTS) is 1. The van der Waals surface area contributed by atoms with Crippen molar-refractivity contribution in [1.82, 2.24) is 0 Å². The summed E-state index contributed by atoms with van der Waals surface area (Å²) in [6, 6.07) is 0. The molecule has 0 aliphatic rings. The van der Waals surface area contributed by atoms with Gasteiger partial charge in [-0.1, -0.05) is 0 Å². The predicted octanol–water partition coefficient (Wildman–Crippen LogP) is 1.67. The number of ketones is 1. The Hall–Kier alpha value is -3.09. The molecule has 1 N–H and O–H groups in total. The number of benzene rings is 1. The molecule has 0 fully saturated rings. The van der Waals surface area contributed by atoms with Crippen LogP contribution >= 0.6 is 0 Å². The second-order valence-electron chi connectivity index (χ2n) is 5.18. The Morgan fingerprint density at radius 3 is 1.79 bits per heavy atom. The summed E-state index contributed by atoms with van der Waals surface area (Å²) >= 11 is 0. The summed E-state index contributed by atoms with van der Waals surface area (Å²) < 4.78 is 79.1. The Morgan fingerprint density at radius 1 is 0.690 bits per heavy atom. The minimum absolute atomic E-state index is 0.242. The summed E-state index contributed by atoms with van der Waals surface area (Å²) in [6.45, 7) is -0.954. The maximum Gasteiger partial charge on any atom is 0.372 e. The third-order valence-electron chi connectivity index (χ3n) is 3.12. The zero-order valence-corrected chi connectivity index (χ0v) is 14.4. The molecule has 29 heavy (non-hydrogen) atoms. The average molecular weight is 428 g/mol. The molecule has 0 spiro atoms. The van der Waals surface area contributed by atoms with Gasteiger partial charge in [-0.25, -0.2) is 18.0 Å². The zero-order valence-electron chi connectivity index (χ0n) is 14.4. The summed E-state index contributed by atoms with van der Waals surface area (Å²) in [7, 11) is 0. The fourth-order valence-corrected chi connectivity index (χ4v) is 1.71. The molecule has 0 aliphatic carbocycles. The molecule has 1 aromatic rings. The van der Waals surface area contributed by atoms with E-state index in [1.165, 1.54) is 0 Å². The number of hydrogen-bond donors (Lipinski definition) is 1. The Bertz CT molecular complexity index is 782. The molecular weight excluding hydrogens is 415 g/mol. The molecule has 13 heteroatoms. The van der Waals surface area contributed by atoms with Gasteiger partial charge in [0.1, 0.15) is 6.61 Å². The first kappa shape index (κ1) is 23.9. The largest absolute Gasteiger partial charge is 0.476 e. The van der Waals surface area contributed by atoms with Crippen molar-refractivity contribution in [2.75, 3.05) is 19.8 Å². The van der Waals surface area contributed by atoms with Crippen LogP contribution in [0.25, 0.3) is 0 Å². The predicted molar refractivity (Wildman–Crippen MR) is 80.1 cm³/mol. The number of esters is 2. The van der Waals surface area contributed by atoms with Crippen molar-refractivity contribution < 1.29 is 60.4 Å². The smallest absolute Gasteiger partial charge is 0.372 e. The topological polar surface area (TPSA) is 116 Å². The maximum atomic E-state index is 13.4. The lowest BCUT2D eigenvalue weighted by Gasteiger charge is -2.09. The van der Waals surface area contributed by atoms with E-state index in [0.717, 1.165) is 0 Å². The van der Waals surface area contributed by atoms with Gasteiger partial charge in [-0.3, -0.25) is 14.4 Å². The normalized spacial score (nSPS) is 10.5. The summed E-state index contributed by atoms with van der Waals surface area (Å²) in [5.74, 6) is -18.3. The molecule has 0 aromatic heterocycles. The molecule has 8 nitrogen and oxygen atoms in total. The van der Waals surface area contributed by atoms with E-state index in [0.29, 0.717) is 0 Å². The highest BCUT2D eigenvalue weighted by molar-refractivity contribution is 6.32. The van der Waals surface area contributed by atoms with Crippen molar-refractivity contribution in [1.29, 1.82) is 0 Å². The second-order valence-corrected chi connectivity index (χ2v) is 5.18. The molecule has 0 heterocycles. The first-order valence-corrected chi connectivity index (χ1v) is 7.77. The van der Waals surface area contributed by atoms with Crippen molar-refractivity contribution >= 4 is 23.7 Å². The lowest BCUT2D eigenvalue weighted by atomic mass is 10.2. The molecule has 0 amide bonds. The van der Waals surface area contributed by atoms with Crippen LogP contribution in [0.1, 0.15) is 19.3 Å². The van der Waals surface area contributed by atoms with Gasteiger partial charge in [0.15, 0.2) is 0 Å². The van der Waals surface area contributed by atoms with Crippen molar-refractivity contribution in [2.24, 2.45) is 0 Å². The Kier molecular flexibility index (Phi) is 9.12. The van der Waals surface area contributed by atoms with Crippen LogP contribution in [0.4, 0.5) is 22.0 Å². The third-order valence-corrected chi connectivity index (χ3v) is 3.12. The van der Waals surface area contributed by atoms with Gasteiger partial charge in [0.25, 0.3) is 0 Å². The maximum absolute atomic E-state index is 13.4. The van der Waals surface area contributed by atoms with Gasteiger partial charge in [-0.05, 0) is 0 Å². The van der Waals surface area contributed by atoms with Gasteiger partial charge in [-0.15, -0.1) is 0 Å². The number of halogens is 5. The van der Waals surface area contributed by atoms with Crippen molar-refractivity contribution in [3.8, 4) is 5.75 Å². The number of aliphatic carboxylic acids is 1. The van der Waals surface area contributed by atoms with Crippen LogP contribution < -0.4 is 4.74 Å².